The first-order valence-corrected chi connectivity index (χ1v) is 11.0. The van der Waals surface area contributed by atoms with E-state index < -0.39 is 18.6 Å². The molecule has 0 saturated carbocycles. The molecule has 3 aromatic rings. The normalized spacial score (nSPS) is 10.5. The highest BCUT2D eigenvalue weighted by molar-refractivity contribution is 6.09. The van der Waals surface area contributed by atoms with Gasteiger partial charge in [0, 0.05) is 40.7 Å². The summed E-state index contributed by atoms with van der Waals surface area (Å²) in [6.45, 7) is 3.46. The van der Waals surface area contributed by atoms with Gasteiger partial charge in [-0.1, -0.05) is 31.2 Å². The zero-order valence-electron chi connectivity index (χ0n) is 19.6. The van der Waals surface area contributed by atoms with E-state index >= 15 is 0 Å². The topological polar surface area (TPSA) is 150 Å². The molecule has 1 amide bonds. The number of nitrogens with one attached hydrogen (secondary N) is 2. The number of carbonyl (C=O) groups excluding carboxylic acids is 2. The number of benzene rings is 2. The number of Topliss-reactive ketones (excluding diaryl/α,β-unsaturated/α-hetero) is 1. The van der Waals surface area contributed by atoms with Crippen molar-refractivity contribution in [3.05, 3.63) is 64.8 Å². The van der Waals surface area contributed by atoms with Crippen molar-refractivity contribution in [2.45, 2.75) is 33.1 Å². The van der Waals surface area contributed by atoms with Gasteiger partial charge in [0.2, 0.25) is 0 Å². The number of nitrogens with zero attached hydrogens (tertiary/aromatic N) is 1. The minimum atomic E-state index is -1.12. The number of halogens is 1. The van der Waals surface area contributed by atoms with E-state index in [1.165, 1.54) is 0 Å². The van der Waals surface area contributed by atoms with Crippen LogP contribution in [0.3, 0.4) is 0 Å². The number of amidine groups is 1. The van der Waals surface area contributed by atoms with Crippen LogP contribution in [0.5, 0.6) is 5.75 Å². The molecular weight excluding hydrogens is 472 g/mol. The van der Waals surface area contributed by atoms with Gasteiger partial charge in [-0.05, 0) is 43.5 Å². The van der Waals surface area contributed by atoms with Gasteiger partial charge in [-0.3, -0.25) is 19.9 Å². The molecular formula is C25H29ClN4O5. The molecule has 0 unspecified atom stereocenters. The number of carboxylic acid groups (broad SMARTS) is 1. The second-order valence-electron chi connectivity index (χ2n) is 8.05. The van der Waals surface area contributed by atoms with Crippen LogP contribution in [0, 0.1) is 12.3 Å². The third-order valence-electron chi connectivity index (χ3n) is 5.43. The maximum atomic E-state index is 13.1. The van der Waals surface area contributed by atoms with Crippen LogP contribution in [0.25, 0.3) is 10.9 Å². The van der Waals surface area contributed by atoms with Crippen molar-refractivity contribution >= 4 is 47.0 Å². The first kappa shape index (κ1) is 27.4. The number of hydrogen-bond donors (Lipinski definition) is 4. The van der Waals surface area contributed by atoms with Gasteiger partial charge in [-0.2, -0.15) is 0 Å². The quantitative estimate of drug-likeness (QED) is 0.185. The number of hydrogen-bond acceptors (Lipinski definition) is 5. The summed E-state index contributed by atoms with van der Waals surface area (Å²) in [5.74, 6) is -0.946. The Morgan fingerprint density at radius 2 is 1.83 bits per heavy atom. The molecule has 186 valence electrons. The van der Waals surface area contributed by atoms with Crippen LogP contribution in [0.15, 0.2) is 42.5 Å². The highest BCUT2D eigenvalue weighted by atomic mass is 35.5. The first-order valence-electron chi connectivity index (χ1n) is 11.0. The largest absolute Gasteiger partial charge is 0.480 e. The predicted octanol–water partition coefficient (Wildman–Crippen LogP) is 4.29. The highest BCUT2D eigenvalue weighted by Crippen LogP contribution is 2.28. The lowest BCUT2D eigenvalue weighted by Gasteiger charge is -2.19. The summed E-state index contributed by atoms with van der Waals surface area (Å²) in [4.78, 5) is 40.9. The Hall–Kier alpha value is -3.85. The highest BCUT2D eigenvalue weighted by Gasteiger charge is 2.20. The molecule has 0 fully saturated rings. The molecule has 5 N–H and O–H groups in total. The Morgan fingerprint density at radius 3 is 2.43 bits per heavy atom. The van der Waals surface area contributed by atoms with Crippen LogP contribution in [0.2, 0.25) is 0 Å². The average Bonchev–Trinajstić information content (AvgIpc) is 3.12. The number of carbonyl (C=O) groups is 3. The fourth-order valence-corrected chi connectivity index (χ4v) is 3.80. The van der Waals surface area contributed by atoms with Crippen LogP contribution < -0.4 is 10.5 Å². The first-order chi connectivity index (χ1) is 16.2. The van der Waals surface area contributed by atoms with E-state index in [9.17, 15) is 14.4 Å². The summed E-state index contributed by atoms with van der Waals surface area (Å²) in [5.41, 5.74) is 9.06. The second kappa shape index (κ2) is 12.0. The minimum Gasteiger partial charge on any atom is -0.480 e. The van der Waals surface area contributed by atoms with Crippen LogP contribution in [-0.4, -0.2) is 51.8 Å². The minimum absolute atomic E-state index is 0. The molecule has 0 bridgehead atoms. The van der Waals surface area contributed by atoms with Crippen LogP contribution in [-0.2, 0) is 11.2 Å². The lowest BCUT2D eigenvalue weighted by atomic mass is 9.99. The van der Waals surface area contributed by atoms with Gasteiger partial charge in [0.25, 0.3) is 0 Å². The Labute approximate surface area is 209 Å². The molecule has 2 aromatic carbocycles. The van der Waals surface area contributed by atoms with Gasteiger partial charge in [0.1, 0.15) is 18.1 Å². The summed E-state index contributed by atoms with van der Waals surface area (Å²) in [6.07, 6.45) is 0.644. The molecule has 0 radical (unpaired) electrons. The third kappa shape index (κ3) is 6.83. The molecule has 0 aliphatic rings. The van der Waals surface area contributed by atoms with Crippen molar-refractivity contribution in [1.29, 1.82) is 5.41 Å². The van der Waals surface area contributed by atoms with E-state index in [-0.39, 0.29) is 42.7 Å². The molecule has 9 nitrogen and oxygen atoms in total. The van der Waals surface area contributed by atoms with Crippen molar-refractivity contribution in [3.63, 3.8) is 0 Å². The van der Waals surface area contributed by atoms with E-state index in [4.69, 9.17) is 21.0 Å². The number of ketones is 1. The van der Waals surface area contributed by atoms with E-state index in [1.54, 1.807) is 30.3 Å². The van der Waals surface area contributed by atoms with Gasteiger partial charge < -0.3 is 20.6 Å². The van der Waals surface area contributed by atoms with E-state index in [0.717, 1.165) is 16.0 Å². The Morgan fingerprint density at radius 1 is 1.14 bits per heavy atom. The Bertz CT molecular complexity index is 1240. The fourth-order valence-electron chi connectivity index (χ4n) is 3.80. The molecule has 1 aromatic heterocycles. The molecule has 35 heavy (non-hydrogen) atoms. The van der Waals surface area contributed by atoms with E-state index in [0.29, 0.717) is 35.0 Å². The van der Waals surface area contributed by atoms with Gasteiger partial charge in [-0.15, -0.1) is 12.4 Å². The number of aromatic amines is 1. The van der Waals surface area contributed by atoms with E-state index in [2.05, 4.69) is 4.98 Å². The number of aryl methyl sites for hydroxylation is 2. The second-order valence-corrected chi connectivity index (χ2v) is 8.05. The summed E-state index contributed by atoms with van der Waals surface area (Å²) < 4.78 is 5.41. The SMILES string of the molecule is CCCN(CC(=O)O)C(=O)Oc1ccc2[nH]c(C)c(C(=O)CCc3ccc(C(=N)N)cc3)c2c1.Cl. The number of H-pyrrole nitrogens is 1. The van der Waals surface area contributed by atoms with Crippen molar-refractivity contribution in [2.75, 3.05) is 13.1 Å². The summed E-state index contributed by atoms with van der Waals surface area (Å²) in [6, 6.07) is 12.2. The lowest BCUT2D eigenvalue weighted by Crippen LogP contribution is -2.38. The van der Waals surface area contributed by atoms with Gasteiger partial charge in [-0.25, -0.2) is 4.79 Å². The van der Waals surface area contributed by atoms with Gasteiger partial charge >= 0.3 is 12.1 Å². The lowest BCUT2D eigenvalue weighted by molar-refractivity contribution is -0.137. The number of nitrogens with two attached hydrogens (primary N) is 1. The molecule has 10 heteroatoms. The molecule has 0 aliphatic carbocycles. The summed E-state index contributed by atoms with van der Waals surface area (Å²) in [5, 5.41) is 17.1. The van der Waals surface area contributed by atoms with E-state index in [1.807, 2.05) is 26.0 Å². The number of rotatable bonds is 10. The average molecular weight is 501 g/mol. The van der Waals surface area contributed by atoms with Crippen molar-refractivity contribution in [2.24, 2.45) is 5.73 Å². The number of carboxylic acids is 1. The molecule has 0 aliphatic heterocycles. The maximum Gasteiger partial charge on any atom is 0.415 e. The smallest absolute Gasteiger partial charge is 0.415 e. The third-order valence-corrected chi connectivity index (χ3v) is 5.43. The van der Waals surface area contributed by atoms with Crippen molar-refractivity contribution in [3.8, 4) is 5.75 Å². The van der Waals surface area contributed by atoms with Crippen molar-refractivity contribution < 1.29 is 24.2 Å². The van der Waals surface area contributed by atoms with Gasteiger partial charge in [0.15, 0.2) is 5.78 Å². The number of amides is 1. The predicted molar refractivity (Wildman–Crippen MR) is 136 cm³/mol. The number of fused-ring (bicyclic) bond motifs is 1. The van der Waals surface area contributed by atoms with Crippen molar-refractivity contribution in [1.82, 2.24) is 9.88 Å². The van der Waals surface area contributed by atoms with Gasteiger partial charge in [0.05, 0.1) is 0 Å². The monoisotopic (exact) mass is 500 g/mol. The maximum absolute atomic E-state index is 13.1. The number of nitrogen functional groups attached to an aromatic ring is 1. The molecule has 3 rings (SSSR count). The van der Waals surface area contributed by atoms with Crippen LogP contribution >= 0.6 is 12.4 Å². The molecule has 1 heterocycles. The number of aromatic nitrogens is 1. The van der Waals surface area contributed by atoms with Crippen LogP contribution in [0.1, 0.15) is 46.9 Å². The Kier molecular flexibility index (Phi) is 9.42. The zero-order valence-corrected chi connectivity index (χ0v) is 20.4. The fraction of sp³-hybridized carbons (Fsp3) is 0.280. The van der Waals surface area contributed by atoms with Crippen LogP contribution in [0.4, 0.5) is 4.79 Å². The number of ether oxygens (including phenoxy) is 1. The summed E-state index contributed by atoms with van der Waals surface area (Å²) >= 11 is 0. The molecule has 0 saturated heterocycles. The number of aliphatic carboxylic acids is 1. The molecule has 0 atom stereocenters. The standard InChI is InChI=1S/C25H28N4O5.ClH/c1-3-12-29(14-22(31)32)25(33)34-18-9-10-20-19(13-18)23(15(2)28-20)21(30)11-6-16-4-7-17(8-5-16)24(26)27;/h4-5,7-10,13,28H,3,6,11-12,14H2,1-2H3,(H3,26,27)(H,31,32);1H. The zero-order chi connectivity index (χ0) is 24.8. The summed E-state index contributed by atoms with van der Waals surface area (Å²) in [7, 11) is 0. The Balaban J connectivity index is 0.00000432. The molecule has 0 spiro atoms.